The van der Waals surface area contributed by atoms with Crippen LogP contribution in [-0.4, -0.2) is 24.9 Å². The van der Waals surface area contributed by atoms with Gasteiger partial charge in [-0.3, -0.25) is 4.98 Å². The summed E-state index contributed by atoms with van der Waals surface area (Å²) in [6.07, 6.45) is 18.0. The molecule has 0 atom stereocenters. The van der Waals surface area contributed by atoms with Crippen molar-refractivity contribution in [2.75, 3.05) is 0 Å². The zero-order valence-electron chi connectivity index (χ0n) is 36.8. The molecule has 0 saturated heterocycles. The Bertz CT molecular complexity index is 2500. The van der Waals surface area contributed by atoms with Crippen LogP contribution in [0.2, 0.25) is 0 Å². The Morgan fingerprint density at radius 1 is 0.288 bits per heavy atom. The van der Waals surface area contributed by atoms with Crippen molar-refractivity contribution in [3.8, 4) is 0 Å². The summed E-state index contributed by atoms with van der Waals surface area (Å²) in [4.78, 5) is 16.6. The van der Waals surface area contributed by atoms with Crippen molar-refractivity contribution in [2.45, 2.75) is 85.1 Å². The van der Waals surface area contributed by atoms with Crippen LogP contribution in [0.25, 0.3) is 43.4 Å². The highest BCUT2D eigenvalue weighted by Crippen LogP contribution is 2.20. The van der Waals surface area contributed by atoms with Gasteiger partial charge in [0.15, 0.2) is 0 Å². The first-order valence-corrected chi connectivity index (χ1v) is 22.1. The number of H-pyrrole nitrogens is 3. The van der Waals surface area contributed by atoms with Crippen molar-refractivity contribution in [3.05, 3.63) is 291 Å². The van der Waals surface area contributed by atoms with Gasteiger partial charge in [0, 0.05) is 48.1 Å². The van der Waals surface area contributed by atoms with E-state index < -0.39 is 0 Å². The Labute approximate surface area is 442 Å². The molecule has 0 spiro atoms. The van der Waals surface area contributed by atoms with Crippen LogP contribution in [0.4, 0.5) is 0 Å². The van der Waals surface area contributed by atoms with Gasteiger partial charge >= 0.3 is 0 Å². The predicted octanol–water partition coefficient (Wildman–Crippen LogP) is 20.8. The minimum atomic E-state index is 0. The van der Waals surface area contributed by atoms with E-state index in [0.717, 1.165) is 5.52 Å². The number of benzene rings is 8. The van der Waals surface area contributed by atoms with Gasteiger partial charge in [0.1, 0.15) is 0 Å². The average molecular weight is 976 g/mol. The molecule has 386 valence electrons. The molecule has 4 aromatic heterocycles. The normalized spacial score (nSPS) is 9.37. The molecular weight excluding hydrogens is 887 g/mol. The fourth-order valence-corrected chi connectivity index (χ4v) is 6.83. The van der Waals surface area contributed by atoms with E-state index in [1.54, 1.807) is 29.8 Å². The summed E-state index contributed by atoms with van der Waals surface area (Å²) in [5, 5.41) is 7.72. The molecule has 5 heteroatoms. The van der Waals surface area contributed by atoms with Gasteiger partial charge in [-0.25, -0.2) is 4.98 Å². The number of imidazole rings is 1. The van der Waals surface area contributed by atoms with Gasteiger partial charge in [0.2, 0.25) is 0 Å². The van der Waals surface area contributed by atoms with Crippen LogP contribution in [0.5, 0.6) is 0 Å². The molecule has 0 unspecified atom stereocenters. The standard InChI is InChI=1S/C10H12.2C10H8.C9H7N.C8H7N.C6H6.C4H5N.C3H4N2.8CH4/c3*1-2-6-10-8-4-3-7-9(10)5-1;1-2-6-9-8(4-1)5-3-7-10-9;1-2-4-8-7(3-1)5-6-9-8;1-2-4-6-5-3-1;1-2-4-5-3-1;1-2-5-3-4-1;;;;;;;;/h1-2,5-6H,3-4,7-8H2;2*1-8H;1-7H;1-6,9H;1-6H;1-5H;1-3H,(H,4,5);8*1H4. The van der Waals surface area contributed by atoms with Crippen LogP contribution < -0.4 is 0 Å². The number of fused-ring (bicyclic) bond motifs is 5. The Balaban J connectivity index is -0.000000764. The van der Waals surface area contributed by atoms with Gasteiger partial charge in [-0.15, -0.1) is 0 Å². The highest BCUT2D eigenvalue weighted by molar-refractivity contribution is 5.83. The molecule has 0 fully saturated rings. The molecule has 0 bridgehead atoms. The first-order valence-electron chi connectivity index (χ1n) is 22.1. The minimum absolute atomic E-state index is 0. The zero-order chi connectivity index (χ0) is 44.7. The van der Waals surface area contributed by atoms with E-state index in [-0.39, 0.29) is 59.4 Å². The van der Waals surface area contributed by atoms with Crippen LogP contribution >= 0.6 is 0 Å². The fourth-order valence-electron chi connectivity index (χ4n) is 6.83. The molecule has 0 amide bonds. The van der Waals surface area contributed by atoms with E-state index in [4.69, 9.17) is 0 Å². The number of pyridine rings is 1. The smallest absolute Gasteiger partial charge is 0.0919 e. The summed E-state index contributed by atoms with van der Waals surface area (Å²) in [5.74, 6) is 0. The summed E-state index contributed by atoms with van der Waals surface area (Å²) in [6.45, 7) is 0. The highest BCUT2D eigenvalue weighted by atomic mass is 14.8. The molecular formula is C68H89N5. The van der Waals surface area contributed by atoms with Crippen LogP contribution in [-0.2, 0) is 12.8 Å². The number of hydrogen-bond donors (Lipinski definition) is 3. The Morgan fingerprint density at radius 3 is 1.03 bits per heavy atom. The number of aryl methyl sites for hydroxylation is 2. The minimum Gasteiger partial charge on any atom is -0.368 e. The van der Waals surface area contributed by atoms with Gasteiger partial charge in [0.25, 0.3) is 0 Å². The molecule has 1 aliphatic rings. The molecule has 3 N–H and O–H groups in total. The van der Waals surface area contributed by atoms with E-state index in [0.29, 0.717) is 0 Å². The quantitative estimate of drug-likeness (QED) is 0.142. The maximum Gasteiger partial charge on any atom is 0.0919 e. The summed E-state index contributed by atoms with van der Waals surface area (Å²) in [6, 6.07) is 80.5. The lowest BCUT2D eigenvalue weighted by atomic mass is 9.92. The molecule has 12 aromatic rings. The molecule has 73 heavy (non-hydrogen) atoms. The van der Waals surface area contributed by atoms with Crippen molar-refractivity contribution in [2.24, 2.45) is 0 Å². The predicted molar refractivity (Wildman–Crippen MR) is 331 cm³/mol. The monoisotopic (exact) mass is 976 g/mol. The molecule has 0 aliphatic heterocycles. The van der Waals surface area contributed by atoms with Crippen molar-refractivity contribution in [1.82, 2.24) is 24.9 Å². The van der Waals surface area contributed by atoms with Crippen molar-refractivity contribution < 1.29 is 0 Å². The largest absolute Gasteiger partial charge is 0.368 e. The van der Waals surface area contributed by atoms with Gasteiger partial charge in [-0.2, -0.15) is 0 Å². The molecule has 0 saturated carbocycles. The van der Waals surface area contributed by atoms with Crippen LogP contribution in [0.1, 0.15) is 83.4 Å². The zero-order valence-corrected chi connectivity index (χ0v) is 36.8. The number of hydrogen-bond acceptors (Lipinski definition) is 2. The number of aromatic nitrogens is 5. The summed E-state index contributed by atoms with van der Waals surface area (Å²) in [5.41, 5.74) is 5.42. The van der Waals surface area contributed by atoms with Gasteiger partial charge in [-0.05, 0) is 100 Å². The van der Waals surface area contributed by atoms with Crippen LogP contribution in [0, 0.1) is 0 Å². The lowest BCUT2D eigenvalue weighted by molar-refractivity contribution is 0.685. The van der Waals surface area contributed by atoms with E-state index >= 15 is 0 Å². The van der Waals surface area contributed by atoms with Crippen molar-refractivity contribution in [1.29, 1.82) is 0 Å². The molecule has 13 rings (SSSR count). The molecule has 8 aromatic carbocycles. The average Bonchev–Trinajstić information content (AvgIpc) is 4.26. The third-order valence-corrected chi connectivity index (χ3v) is 10.1. The van der Waals surface area contributed by atoms with E-state index in [9.17, 15) is 0 Å². The maximum absolute atomic E-state index is 4.18. The number of nitrogens with zero attached hydrogens (tertiary/aromatic N) is 2. The Hall–Kier alpha value is -8.28. The topological polar surface area (TPSA) is 73.2 Å². The summed E-state index contributed by atoms with van der Waals surface area (Å²) < 4.78 is 0. The second kappa shape index (κ2) is 42.6. The first kappa shape index (κ1) is 69.0. The summed E-state index contributed by atoms with van der Waals surface area (Å²) in [7, 11) is 0. The van der Waals surface area contributed by atoms with E-state index in [1.807, 2.05) is 110 Å². The van der Waals surface area contributed by atoms with Gasteiger partial charge in [-0.1, -0.05) is 260 Å². The maximum atomic E-state index is 4.18. The van der Waals surface area contributed by atoms with E-state index in [1.165, 1.54) is 63.5 Å². The molecule has 1 aliphatic carbocycles. The number of nitrogens with one attached hydrogen (secondary N) is 3. The fraction of sp³-hybridized carbons (Fsp3) is 0.176. The third-order valence-electron chi connectivity index (χ3n) is 10.1. The lowest BCUT2D eigenvalue weighted by Crippen LogP contribution is -2.00. The van der Waals surface area contributed by atoms with Crippen molar-refractivity contribution >= 4 is 43.4 Å². The third kappa shape index (κ3) is 25.9. The number of rotatable bonds is 0. The van der Waals surface area contributed by atoms with Crippen LogP contribution in [0.3, 0.4) is 0 Å². The number of aromatic amines is 3. The summed E-state index contributed by atoms with van der Waals surface area (Å²) >= 11 is 0. The van der Waals surface area contributed by atoms with E-state index in [2.05, 4.69) is 177 Å². The lowest BCUT2D eigenvalue weighted by Gasteiger charge is -2.13. The first-order chi connectivity index (χ1) is 32.3. The second-order valence-corrected chi connectivity index (χ2v) is 14.7. The second-order valence-electron chi connectivity index (χ2n) is 14.7. The van der Waals surface area contributed by atoms with Crippen LogP contribution in [0.15, 0.2) is 280 Å². The molecule has 0 radical (unpaired) electrons. The Morgan fingerprint density at radius 2 is 0.671 bits per heavy atom. The number of para-hydroxylation sites is 2. The SMILES string of the molecule is C.C.C.C.C.C.C.C.c1c[nH]cn1.c1cc[nH]c1.c1ccc2[nH]ccc2c1.c1ccc2c(c1)CCCC2.c1ccc2ccccc2c1.c1ccc2ccccc2c1.c1ccc2ncccc2c1.c1ccccc1. The molecule has 4 heterocycles. The van der Waals surface area contributed by atoms with Gasteiger partial charge in [0.05, 0.1) is 11.8 Å². The molecule has 5 nitrogen and oxygen atoms in total. The Kier molecular flexibility index (Phi) is 40.2. The van der Waals surface area contributed by atoms with Crippen molar-refractivity contribution in [3.63, 3.8) is 0 Å². The highest BCUT2D eigenvalue weighted by Gasteiger charge is 2.06. The van der Waals surface area contributed by atoms with Gasteiger partial charge < -0.3 is 15.0 Å².